The zero-order valence-electron chi connectivity index (χ0n) is 18.5. The largest absolute Gasteiger partial charge is 0.385 e. The van der Waals surface area contributed by atoms with Crippen LogP contribution in [0, 0.1) is 4.77 Å². The molecule has 4 aromatic rings. The van der Waals surface area contributed by atoms with Crippen molar-refractivity contribution in [2.45, 2.75) is 13.0 Å². The third-order valence-electron chi connectivity index (χ3n) is 5.39. The van der Waals surface area contributed by atoms with E-state index in [1.165, 1.54) is 4.57 Å². The number of aromatic nitrogens is 2. The minimum absolute atomic E-state index is 0.128. The zero-order chi connectivity index (χ0) is 24.1. The van der Waals surface area contributed by atoms with Crippen molar-refractivity contribution >= 4 is 40.5 Å². The van der Waals surface area contributed by atoms with E-state index in [0.29, 0.717) is 57.6 Å². The predicted octanol–water partition coefficient (Wildman–Crippen LogP) is 4.58. The van der Waals surface area contributed by atoms with Gasteiger partial charge in [0.25, 0.3) is 11.5 Å². The average molecular weight is 474 g/mol. The van der Waals surface area contributed by atoms with Crippen LogP contribution in [0.2, 0.25) is 0 Å². The van der Waals surface area contributed by atoms with Gasteiger partial charge in [0.1, 0.15) is 0 Å². The van der Waals surface area contributed by atoms with Gasteiger partial charge in [0, 0.05) is 42.6 Å². The number of amides is 1. The molecule has 0 aliphatic carbocycles. The molecule has 2 N–H and O–H groups in total. The highest BCUT2D eigenvalue weighted by molar-refractivity contribution is 7.71. The Morgan fingerprint density at radius 3 is 2.50 bits per heavy atom. The van der Waals surface area contributed by atoms with Gasteiger partial charge in [-0.2, -0.15) is 0 Å². The summed E-state index contributed by atoms with van der Waals surface area (Å²) >= 11 is 5.34. The first-order valence-electron chi connectivity index (χ1n) is 10.7. The Kier molecular flexibility index (Phi) is 7.10. The van der Waals surface area contributed by atoms with E-state index in [-0.39, 0.29) is 17.2 Å². The molecular formula is C26H23N3O4S. The lowest BCUT2D eigenvalue weighted by molar-refractivity contribution is 0.102. The van der Waals surface area contributed by atoms with Crippen molar-refractivity contribution in [3.8, 4) is 0 Å². The smallest absolute Gasteiger partial charge is 0.262 e. The molecule has 172 valence electrons. The fourth-order valence-corrected chi connectivity index (χ4v) is 3.95. The summed E-state index contributed by atoms with van der Waals surface area (Å²) in [6.45, 7) is 0.967. The Hall–Kier alpha value is -3.88. The first-order chi connectivity index (χ1) is 16.5. The number of nitrogens with one attached hydrogen (secondary N) is 2. The molecule has 0 radical (unpaired) electrons. The number of carbonyl (C=O) groups is 2. The van der Waals surface area contributed by atoms with Gasteiger partial charge in [-0.25, -0.2) is 0 Å². The minimum Gasteiger partial charge on any atom is -0.385 e. The molecule has 0 saturated carbocycles. The molecule has 0 aliphatic heterocycles. The van der Waals surface area contributed by atoms with E-state index >= 15 is 0 Å². The number of H-pyrrole nitrogens is 1. The molecule has 34 heavy (non-hydrogen) atoms. The van der Waals surface area contributed by atoms with E-state index in [9.17, 15) is 14.4 Å². The fraction of sp³-hybridized carbons (Fsp3) is 0.154. The maximum absolute atomic E-state index is 12.9. The molecule has 0 fully saturated rings. The maximum Gasteiger partial charge on any atom is 0.262 e. The Bertz CT molecular complexity index is 1480. The van der Waals surface area contributed by atoms with Gasteiger partial charge in [-0.05, 0) is 49.0 Å². The van der Waals surface area contributed by atoms with Crippen LogP contribution in [-0.2, 0) is 11.3 Å². The van der Waals surface area contributed by atoms with Crippen LogP contribution >= 0.6 is 12.2 Å². The molecule has 0 bridgehead atoms. The van der Waals surface area contributed by atoms with Crippen molar-refractivity contribution in [3.63, 3.8) is 0 Å². The van der Waals surface area contributed by atoms with Gasteiger partial charge in [-0.3, -0.25) is 19.0 Å². The standard InChI is InChI=1S/C26H23N3O4S/c1-33-14-6-13-29-25(32)21-12-11-19(16-22(21)28-26(29)34)24(31)27-20-10-5-9-18(15-20)23(30)17-7-3-2-4-8-17/h2-5,7-12,15-16H,6,13-14H2,1H3,(H,27,31)(H,28,34). The number of ether oxygens (including phenoxy) is 1. The maximum atomic E-state index is 12.9. The molecule has 0 saturated heterocycles. The van der Waals surface area contributed by atoms with Crippen molar-refractivity contribution in [2.75, 3.05) is 19.0 Å². The second-order valence-electron chi connectivity index (χ2n) is 7.72. The van der Waals surface area contributed by atoms with E-state index in [4.69, 9.17) is 17.0 Å². The first kappa shape index (κ1) is 23.3. The van der Waals surface area contributed by atoms with Gasteiger partial charge < -0.3 is 15.0 Å². The first-order valence-corrected chi connectivity index (χ1v) is 11.2. The van der Waals surface area contributed by atoms with E-state index < -0.39 is 0 Å². The van der Waals surface area contributed by atoms with E-state index in [2.05, 4.69) is 10.3 Å². The van der Waals surface area contributed by atoms with Crippen LogP contribution in [0.25, 0.3) is 10.9 Å². The fourth-order valence-electron chi connectivity index (χ4n) is 3.66. The molecule has 4 rings (SSSR count). The van der Waals surface area contributed by atoms with Crippen LogP contribution < -0.4 is 10.9 Å². The molecule has 1 heterocycles. The quantitative estimate of drug-likeness (QED) is 0.222. The third-order valence-corrected chi connectivity index (χ3v) is 5.72. The van der Waals surface area contributed by atoms with Crippen LogP contribution in [-0.4, -0.2) is 35.0 Å². The average Bonchev–Trinajstić information content (AvgIpc) is 2.86. The summed E-state index contributed by atoms with van der Waals surface area (Å²) in [5.41, 5.74) is 2.17. The number of hydrogen-bond acceptors (Lipinski definition) is 5. The van der Waals surface area contributed by atoms with Gasteiger partial charge >= 0.3 is 0 Å². The second-order valence-corrected chi connectivity index (χ2v) is 8.11. The molecule has 8 heteroatoms. The molecule has 0 unspecified atom stereocenters. The van der Waals surface area contributed by atoms with Gasteiger partial charge in [0.2, 0.25) is 0 Å². The summed E-state index contributed by atoms with van der Waals surface area (Å²) in [6, 6.07) is 20.5. The van der Waals surface area contributed by atoms with Gasteiger partial charge in [0.05, 0.1) is 10.9 Å². The predicted molar refractivity (Wildman–Crippen MR) is 134 cm³/mol. The van der Waals surface area contributed by atoms with Gasteiger partial charge in [0.15, 0.2) is 10.6 Å². The second kappa shape index (κ2) is 10.4. The Labute approximate surface area is 201 Å². The number of anilines is 1. The molecule has 1 aromatic heterocycles. The Morgan fingerprint density at radius 1 is 0.971 bits per heavy atom. The van der Waals surface area contributed by atoms with Crippen LogP contribution in [0.1, 0.15) is 32.7 Å². The molecule has 1 amide bonds. The lowest BCUT2D eigenvalue weighted by Gasteiger charge is -2.10. The highest BCUT2D eigenvalue weighted by Gasteiger charge is 2.13. The SMILES string of the molecule is COCCCn1c(=S)[nH]c2cc(C(=O)Nc3cccc(C(=O)c4ccccc4)c3)ccc2c1=O. The third kappa shape index (κ3) is 5.03. The molecule has 0 aliphatic rings. The number of carbonyl (C=O) groups excluding carboxylic acids is 2. The number of hydrogen-bond donors (Lipinski definition) is 2. The monoisotopic (exact) mass is 473 g/mol. The zero-order valence-corrected chi connectivity index (χ0v) is 19.4. The normalized spacial score (nSPS) is 10.9. The number of methoxy groups -OCH3 is 1. The number of benzene rings is 3. The summed E-state index contributed by atoms with van der Waals surface area (Å²) in [4.78, 5) is 41.5. The number of rotatable bonds is 8. The van der Waals surface area contributed by atoms with E-state index in [1.54, 1.807) is 73.8 Å². The molecule has 0 spiro atoms. The van der Waals surface area contributed by atoms with Crippen molar-refractivity contribution in [3.05, 3.63) is 105 Å². The minimum atomic E-state index is -0.366. The van der Waals surface area contributed by atoms with Crippen LogP contribution in [0.15, 0.2) is 77.6 Å². The highest BCUT2D eigenvalue weighted by Crippen LogP contribution is 2.17. The number of aromatic amines is 1. The number of nitrogens with zero attached hydrogens (tertiary/aromatic N) is 1. The molecule has 3 aromatic carbocycles. The van der Waals surface area contributed by atoms with Crippen molar-refractivity contribution in [2.24, 2.45) is 0 Å². The molecular weight excluding hydrogens is 450 g/mol. The summed E-state index contributed by atoms with van der Waals surface area (Å²) < 4.78 is 6.82. The summed E-state index contributed by atoms with van der Waals surface area (Å²) in [7, 11) is 1.61. The summed E-state index contributed by atoms with van der Waals surface area (Å²) in [5.74, 6) is -0.494. The molecule has 7 nitrogen and oxygen atoms in total. The van der Waals surface area contributed by atoms with Gasteiger partial charge in [-0.15, -0.1) is 0 Å². The summed E-state index contributed by atoms with van der Waals surface area (Å²) in [5, 5.41) is 3.26. The molecule has 0 atom stereocenters. The van der Waals surface area contributed by atoms with Crippen LogP contribution in [0.4, 0.5) is 5.69 Å². The van der Waals surface area contributed by atoms with E-state index in [1.807, 2.05) is 6.07 Å². The lowest BCUT2D eigenvalue weighted by atomic mass is 10.0. The van der Waals surface area contributed by atoms with Crippen LogP contribution in [0.5, 0.6) is 0 Å². The topological polar surface area (TPSA) is 93.2 Å². The van der Waals surface area contributed by atoms with Crippen molar-refractivity contribution in [1.29, 1.82) is 0 Å². The lowest BCUT2D eigenvalue weighted by Crippen LogP contribution is -2.23. The Morgan fingerprint density at radius 2 is 1.74 bits per heavy atom. The van der Waals surface area contributed by atoms with Crippen molar-refractivity contribution < 1.29 is 14.3 Å². The number of ketones is 1. The summed E-state index contributed by atoms with van der Waals surface area (Å²) in [6.07, 6.45) is 0.658. The Balaban J connectivity index is 1.57. The van der Waals surface area contributed by atoms with E-state index in [0.717, 1.165) is 0 Å². The highest BCUT2D eigenvalue weighted by atomic mass is 32.1. The van der Waals surface area contributed by atoms with Crippen molar-refractivity contribution in [1.82, 2.24) is 9.55 Å². The number of fused-ring (bicyclic) bond motifs is 1. The van der Waals surface area contributed by atoms with Crippen LogP contribution in [0.3, 0.4) is 0 Å². The van der Waals surface area contributed by atoms with Gasteiger partial charge in [-0.1, -0.05) is 42.5 Å².